The maximum absolute atomic E-state index is 12.5. The van der Waals surface area contributed by atoms with Gasteiger partial charge in [-0.1, -0.05) is 24.3 Å². The maximum Gasteiger partial charge on any atom is 0.338 e. The zero-order chi connectivity index (χ0) is 20.0. The molecule has 5 nitrogen and oxygen atoms in total. The van der Waals surface area contributed by atoms with Crippen LogP contribution in [0.2, 0.25) is 0 Å². The van der Waals surface area contributed by atoms with Gasteiger partial charge in [-0.25, -0.2) is 4.79 Å². The Bertz CT molecular complexity index is 928. The summed E-state index contributed by atoms with van der Waals surface area (Å²) in [5, 5.41) is 0. The molecule has 1 aliphatic carbocycles. The second kappa shape index (κ2) is 7.06. The first-order valence-electron chi connectivity index (χ1n) is 10.4. The van der Waals surface area contributed by atoms with Crippen molar-refractivity contribution in [2.75, 3.05) is 20.7 Å². The fourth-order valence-electron chi connectivity index (χ4n) is 5.38. The number of carbonyl (C=O) groups excluding carboxylic acids is 1. The number of nitrogens with zero attached hydrogens (tertiary/aromatic N) is 1. The van der Waals surface area contributed by atoms with Crippen LogP contribution in [-0.4, -0.2) is 43.8 Å². The minimum absolute atomic E-state index is 0.0143. The molecule has 5 rings (SSSR count). The van der Waals surface area contributed by atoms with Gasteiger partial charge in [0.1, 0.15) is 12.2 Å². The molecule has 2 aromatic rings. The Hall–Kier alpha value is -2.53. The van der Waals surface area contributed by atoms with E-state index in [1.54, 1.807) is 19.2 Å². The molecule has 152 valence electrons. The fraction of sp³-hybridized carbons (Fsp3) is 0.458. The average molecular weight is 393 g/mol. The second-order valence-corrected chi connectivity index (χ2v) is 8.55. The van der Waals surface area contributed by atoms with Gasteiger partial charge in [0.2, 0.25) is 0 Å². The number of rotatable bonds is 3. The van der Waals surface area contributed by atoms with Gasteiger partial charge in [-0.3, -0.25) is 0 Å². The molecular formula is C24H27NO4. The van der Waals surface area contributed by atoms with Crippen LogP contribution in [0.15, 0.2) is 42.5 Å². The Morgan fingerprint density at radius 3 is 2.79 bits per heavy atom. The largest absolute Gasteiger partial charge is 0.493 e. The molecule has 0 radical (unpaired) electrons. The van der Waals surface area contributed by atoms with Gasteiger partial charge >= 0.3 is 5.97 Å². The van der Waals surface area contributed by atoms with Gasteiger partial charge in [0.25, 0.3) is 0 Å². The van der Waals surface area contributed by atoms with E-state index in [4.69, 9.17) is 14.2 Å². The molecule has 0 N–H and O–H groups in total. The van der Waals surface area contributed by atoms with Crippen molar-refractivity contribution in [3.63, 3.8) is 0 Å². The van der Waals surface area contributed by atoms with Crippen LogP contribution in [-0.2, 0) is 16.7 Å². The van der Waals surface area contributed by atoms with Crippen LogP contribution < -0.4 is 9.47 Å². The molecule has 3 aliphatic rings. The van der Waals surface area contributed by atoms with Crippen LogP contribution in [0.1, 0.15) is 47.2 Å². The smallest absolute Gasteiger partial charge is 0.338 e. The molecule has 1 fully saturated rings. The third kappa shape index (κ3) is 2.99. The van der Waals surface area contributed by atoms with Gasteiger partial charge in [0.15, 0.2) is 11.5 Å². The lowest BCUT2D eigenvalue weighted by molar-refractivity contribution is -0.0166. The van der Waals surface area contributed by atoms with Gasteiger partial charge in [0, 0.05) is 23.9 Å². The number of hydrogen-bond acceptors (Lipinski definition) is 5. The highest BCUT2D eigenvalue weighted by Gasteiger charge is 2.55. The predicted molar refractivity (Wildman–Crippen MR) is 110 cm³/mol. The summed E-state index contributed by atoms with van der Waals surface area (Å²) in [5.41, 5.74) is 3.25. The molecule has 0 amide bonds. The third-order valence-corrected chi connectivity index (χ3v) is 6.85. The average Bonchev–Trinajstić information content (AvgIpc) is 3.00. The van der Waals surface area contributed by atoms with Crippen molar-refractivity contribution in [2.45, 2.75) is 49.9 Å². The molecule has 1 saturated carbocycles. The molecule has 2 aromatic carbocycles. The van der Waals surface area contributed by atoms with Gasteiger partial charge in [-0.15, -0.1) is 0 Å². The first kappa shape index (κ1) is 18.5. The first-order valence-corrected chi connectivity index (χ1v) is 10.4. The van der Waals surface area contributed by atoms with E-state index in [0.717, 1.165) is 50.3 Å². The van der Waals surface area contributed by atoms with Crippen LogP contribution in [0.3, 0.4) is 0 Å². The molecule has 1 spiro atoms. The van der Waals surface area contributed by atoms with Crippen LogP contribution in [0.4, 0.5) is 0 Å². The number of benzene rings is 2. The highest BCUT2D eigenvalue weighted by Crippen LogP contribution is 2.57. The lowest BCUT2D eigenvalue weighted by Crippen LogP contribution is -2.46. The second-order valence-electron chi connectivity index (χ2n) is 8.55. The zero-order valence-corrected chi connectivity index (χ0v) is 17.0. The monoisotopic (exact) mass is 393 g/mol. The normalized spacial score (nSPS) is 27.9. The molecule has 5 heteroatoms. The summed E-state index contributed by atoms with van der Waals surface area (Å²) in [5.74, 6) is 1.46. The Morgan fingerprint density at radius 1 is 1.17 bits per heavy atom. The van der Waals surface area contributed by atoms with Crippen LogP contribution in [0, 0.1) is 0 Å². The van der Waals surface area contributed by atoms with Gasteiger partial charge in [0.05, 0.1) is 12.7 Å². The molecule has 2 heterocycles. The van der Waals surface area contributed by atoms with Crippen molar-refractivity contribution in [1.82, 2.24) is 4.90 Å². The van der Waals surface area contributed by atoms with Crippen molar-refractivity contribution >= 4 is 5.97 Å². The highest BCUT2D eigenvalue weighted by molar-refractivity contribution is 5.89. The summed E-state index contributed by atoms with van der Waals surface area (Å²) in [6, 6.07) is 13.4. The van der Waals surface area contributed by atoms with E-state index in [1.807, 2.05) is 24.3 Å². The van der Waals surface area contributed by atoms with E-state index >= 15 is 0 Å². The van der Waals surface area contributed by atoms with Crippen molar-refractivity contribution < 1.29 is 19.0 Å². The molecule has 0 saturated heterocycles. The van der Waals surface area contributed by atoms with Gasteiger partial charge < -0.3 is 19.1 Å². The molecular weight excluding hydrogens is 366 g/mol. The number of hydrogen-bond donors (Lipinski definition) is 0. The summed E-state index contributed by atoms with van der Waals surface area (Å²) < 4.78 is 18.0. The molecule has 0 bridgehead atoms. The lowest BCUT2D eigenvalue weighted by Gasteiger charge is -2.41. The number of carbonyl (C=O) groups is 1. The predicted octanol–water partition coefficient (Wildman–Crippen LogP) is 3.94. The minimum atomic E-state index is -0.249. The minimum Gasteiger partial charge on any atom is -0.493 e. The highest BCUT2D eigenvalue weighted by atomic mass is 16.6. The van der Waals surface area contributed by atoms with E-state index in [0.29, 0.717) is 5.56 Å². The van der Waals surface area contributed by atoms with E-state index in [-0.39, 0.29) is 23.6 Å². The molecule has 29 heavy (non-hydrogen) atoms. The van der Waals surface area contributed by atoms with Crippen LogP contribution >= 0.6 is 0 Å². The number of ether oxygens (including phenoxy) is 3. The van der Waals surface area contributed by atoms with E-state index in [2.05, 4.69) is 18.0 Å². The summed E-state index contributed by atoms with van der Waals surface area (Å²) in [7, 11) is 3.88. The van der Waals surface area contributed by atoms with E-state index < -0.39 is 0 Å². The Labute approximate surface area is 171 Å². The summed E-state index contributed by atoms with van der Waals surface area (Å²) in [6.45, 7) is 1.96. The van der Waals surface area contributed by atoms with Crippen molar-refractivity contribution in [1.29, 1.82) is 0 Å². The summed E-state index contributed by atoms with van der Waals surface area (Å²) >= 11 is 0. The quantitative estimate of drug-likeness (QED) is 0.740. The maximum atomic E-state index is 12.5. The molecule has 2 aliphatic heterocycles. The zero-order valence-electron chi connectivity index (χ0n) is 17.0. The number of esters is 1. The Morgan fingerprint density at radius 2 is 2.00 bits per heavy atom. The Kier molecular flexibility index (Phi) is 4.50. The van der Waals surface area contributed by atoms with Crippen molar-refractivity contribution in [3.05, 3.63) is 59.2 Å². The van der Waals surface area contributed by atoms with E-state index in [1.165, 1.54) is 11.1 Å². The van der Waals surface area contributed by atoms with Gasteiger partial charge in [-0.05, 0) is 56.6 Å². The lowest BCUT2D eigenvalue weighted by atomic mass is 9.65. The molecule has 3 unspecified atom stereocenters. The first-order chi connectivity index (χ1) is 14.1. The topological polar surface area (TPSA) is 48.0 Å². The van der Waals surface area contributed by atoms with E-state index in [9.17, 15) is 4.79 Å². The fourth-order valence-corrected chi connectivity index (χ4v) is 5.38. The van der Waals surface area contributed by atoms with Crippen LogP contribution in [0.25, 0.3) is 0 Å². The standard InChI is InChI=1S/C24H27NO4/c1-25-13-12-24-11-10-18(28-23(26)16-6-4-3-5-7-16)14-20(24)29-22-19(27-2)9-8-17(15-25)21(22)24/h3-9,18,20H,10-15H2,1-2H3. The molecule has 0 aromatic heterocycles. The van der Waals surface area contributed by atoms with Crippen LogP contribution in [0.5, 0.6) is 11.5 Å². The number of methoxy groups -OCH3 is 1. The SMILES string of the molecule is COc1ccc2c3c1OC1CC(OC(=O)c4ccccc4)CCC31CCN(C)C2. The third-order valence-electron chi connectivity index (χ3n) is 6.85. The molecule has 3 atom stereocenters. The van der Waals surface area contributed by atoms with Crippen molar-refractivity contribution in [2.24, 2.45) is 0 Å². The summed E-state index contributed by atoms with van der Waals surface area (Å²) in [6.07, 6.45) is 3.49. The summed E-state index contributed by atoms with van der Waals surface area (Å²) in [4.78, 5) is 14.9. The Balaban J connectivity index is 1.43. The van der Waals surface area contributed by atoms with Crippen molar-refractivity contribution in [3.8, 4) is 11.5 Å². The van der Waals surface area contributed by atoms with Gasteiger partial charge in [-0.2, -0.15) is 0 Å².